The summed E-state index contributed by atoms with van der Waals surface area (Å²) in [6.45, 7) is 2.88. The number of benzene rings is 1. The third-order valence-corrected chi connectivity index (χ3v) is 3.22. The monoisotopic (exact) mass is 290 g/mol. The number of unbranched alkanes of at least 4 members (excludes halogenated alkanes) is 4. The Balaban J connectivity index is 2.15. The zero-order valence-electron chi connectivity index (χ0n) is 13.1. The molecule has 1 rings (SSSR count). The van der Waals surface area contributed by atoms with Crippen molar-refractivity contribution >= 4 is 5.97 Å². The molecule has 0 saturated carbocycles. The smallest absolute Gasteiger partial charge is 0.337 e. The van der Waals surface area contributed by atoms with Crippen molar-refractivity contribution in [3.63, 3.8) is 0 Å². The van der Waals surface area contributed by atoms with Gasteiger partial charge in [-0.3, -0.25) is 0 Å². The molecular weight excluding hydrogens is 264 g/mol. The van der Waals surface area contributed by atoms with Crippen LogP contribution < -0.4 is 4.74 Å². The molecule has 0 amide bonds. The van der Waals surface area contributed by atoms with Crippen molar-refractivity contribution in [1.29, 1.82) is 0 Å². The van der Waals surface area contributed by atoms with E-state index in [1.54, 1.807) is 24.3 Å². The minimum atomic E-state index is -0.326. The first-order valence-corrected chi connectivity index (χ1v) is 7.74. The third kappa shape index (κ3) is 7.54. The predicted molar refractivity (Wildman–Crippen MR) is 85.8 cm³/mol. The molecule has 0 atom stereocenters. The molecule has 116 valence electrons. The molecule has 0 aliphatic rings. The lowest BCUT2D eigenvalue weighted by Crippen LogP contribution is -2.01. The molecule has 21 heavy (non-hydrogen) atoms. The second-order valence-electron chi connectivity index (χ2n) is 4.97. The zero-order chi connectivity index (χ0) is 15.3. The van der Waals surface area contributed by atoms with E-state index in [-0.39, 0.29) is 5.97 Å². The summed E-state index contributed by atoms with van der Waals surface area (Å²) in [6, 6.07) is 7.01. The van der Waals surface area contributed by atoms with Crippen LogP contribution in [-0.2, 0) is 4.74 Å². The molecule has 0 aromatic heterocycles. The number of carbonyl (C=O) groups is 1. The predicted octanol–water partition coefficient (Wildman–Crippen LogP) is 4.77. The van der Waals surface area contributed by atoms with Gasteiger partial charge in [-0.2, -0.15) is 0 Å². The van der Waals surface area contributed by atoms with Crippen molar-refractivity contribution < 1.29 is 14.3 Å². The summed E-state index contributed by atoms with van der Waals surface area (Å²) >= 11 is 0. The van der Waals surface area contributed by atoms with E-state index in [1.807, 2.05) is 0 Å². The second kappa shape index (κ2) is 11.0. The first-order chi connectivity index (χ1) is 10.3. The van der Waals surface area contributed by atoms with E-state index in [2.05, 4.69) is 23.8 Å². The molecular formula is C18H26O3. The molecule has 3 nitrogen and oxygen atoms in total. The van der Waals surface area contributed by atoms with Gasteiger partial charge in [0.15, 0.2) is 0 Å². The fourth-order valence-electron chi connectivity index (χ4n) is 1.97. The van der Waals surface area contributed by atoms with Crippen LogP contribution in [0.3, 0.4) is 0 Å². The van der Waals surface area contributed by atoms with Crippen LogP contribution in [0.25, 0.3) is 0 Å². The number of hydrogen-bond donors (Lipinski definition) is 0. The molecule has 0 aliphatic heterocycles. The van der Waals surface area contributed by atoms with Gasteiger partial charge in [0, 0.05) is 0 Å². The van der Waals surface area contributed by atoms with Crippen molar-refractivity contribution in [2.24, 2.45) is 0 Å². The minimum Gasteiger partial charge on any atom is -0.493 e. The van der Waals surface area contributed by atoms with Crippen molar-refractivity contribution in [1.82, 2.24) is 0 Å². The van der Waals surface area contributed by atoms with Gasteiger partial charge in [-0.05, 0) is 43.5 Å². The van der Waals surface area contributed by atoms with Crippen molar-refractivity contribution in [3.05, 3.63) is 42.0 Å². The van der Waals surface area contributed by atoms with E-state index in [4.69, 9.17) is 4.74 Å². The lowest BCUT2D eigenvalue weighted by atomic mass is 10.1. The van der Waals surface area contributed by atoms with Gasteiger partial charge in [0.05, 0.1) is 19.3 Å². The summed E-state index contributed by atoms with van der Waals surface area (Å²) in [5.74, 6) is 0.451. The highest BCUT2D eigenvalue weighted by Crippen LogP contribution is 2.13. The number of hydrogen-bond acceptors (Lipinski definition) is 3. The first kappa shape index (κ1) is 17.3. The number of allylic oxidation sites excluding steroid dienone is 1. The molecule has 0 bridgehead atoms. The highest BCUT2D eigenvalue weighted by molar-refractivity contribution is 5.89. The summed E-state index contributed by atoms with van der Waals surface area (Å²) in [5.41, 5.74) is 0.539. The summed E-state index contributed by atoms with van der Waals surface area (Å²) in [6.07, 6.45) is 11.7. The highest BCUT2D eigenvalue weighted by Gasteiger charge is 2.04. The van der Waals surface area contributed by atoms with E-state index in [0.717, 1.165) is 18.6 Å². The van der Waals surface area contributed by atoms with Crippen LogP contribution in [0.2, 0.25) is 0 Å². The lowest BCUT2D eigenvalue weighted by molar-refractivity contribution is 0.0600. The molecule has 0 aliphatic carbocycles. The molecule has 3 heteroatoms. The average molecular weight is 290 g/mol. The third-order valence-electron chi connectivity index (χ3n) is 3.22. The van der Waals surface area contributed by atoms with Crippen LogP contribution in [0.1, 0.15) is 55.8 Å². The summed E-state index contributed by atoms with van der Waals surface area (Å²) in [4.78, 5) is 11.3. The van der Waals surface area contributed by atoms with E-state index in [1.165, 1.54) is 32.8 Å². The second-order valence-corrected chi connectivity index (χ2v) is 4.97. The Kier molecular flexibility index (Phi) is 9.01. The maximum atomic E-state index is 11.3. The quantitative estimate of drug-likeness (QED) is 0.354. The Morgan fingerprint density at radius 2 is 1.76 bits per heavy atom. The van der Waals surface area contributed by atoms with E-state index >= 15 is 0 Å². The van der Waals surface area contributed by atoms with Gasteiger partial charge in [0.2, 0.25) is 0 Å². The largest absolute Gasteiger partial charge is 0.493 e. The molecule has 0 fully saturated rings. The van der Waals surface area contributed by atoms with Crippen molar-refractivity contribution in [2.75, 3.05) is 13.7 Å². The molecule has 1 aromatic rings. The summed E-state index contributed by atoms with van der Waals surface area (Å²) in [7, 11) is 1.38. The molecule has 0 heterocycles. The van der Waals surface area contributed by atoms with Crippen LogP contribution in [0.5, 0.6) is 5.75 Å². The first-order valence-electron chi connectivity index (χ1n) is 7.74. The molecule has 0 spiro atoms. The van der Waals surface area contributed by atoms with Gasteiger partial charge in [-0.1, -0.05) is 38.3 Å². The maximum Gasteiger partial charge on any atom is 0.337 e. The van der Waals surface area contributed by atoms with E-state index < -0.39 is 0 Å². The summed E-state index contributed by atoms with van der Waals surface area (Å²) in [5, 5.41) is 0. The molecule has 0 saturated heterocycles. The summed E-state index contributed by atoms with van der Waals surface area (Å²) < 4.78 is 10.3. The lowest BCUT2D eigenvalue weighted by Gasteiger charge is -2.05. The number of rotatable bonds is 10. The van der Waals surface area contributed by atoms with Crippen LogP contribution >= 0.6 is 0 Å². The number of ether oxygens (including phenoxy) is 2. The molecule has 1 aromatic carbocycles. The average Bonchev–Trinajstić information content (AvgIpc) is 2.53. The van der Waals surface area contributed by atoms with Gasteiger partial charge in [0.25, 0.3) is 0 Å². The standard InChI is InChI=1S/C18H26O3/c1-3-4-5-6-7-8-9-10-15-21-17-13-11-16(12-14-17)18(19)20-2/h8-9,11-14H,3-7,10,15H2,1-2H3. The fraction of sp³-hybridized carbons (Fsp3) is 0.500. The number of carbonyl (C=O) groups excluding carboxylic acids is 1. The SMILES string of the molecule is CCCCCCC=CCCOc1ccc(C(=O)OC)cc1. The zero-order valence-corrected chi connectivity index (χ0v) is 13.1. The highest BCUT2D eigenvalue weighted by atomic mass is 16.5. The Morgan fingerprint density at radius 1 is 1.05 bits per heavy atom. The van der Waals surface area contributed by atoms with Gasteiger partial charge in [-0.25, -0.2) is 4.79 Å². The molecule has 0 unspecified atom stereocenters. The van der Waals surface area contributed by atoms with Crippen LogP contribution in [0.4, 0.5) is 0 Å². The molecule has 0 radical (unpaired) electrons. The van der Waals surface area contributed by atoms with Gasteiger partial charge < -0.3 is 9.47 Å². The van der Waals surface area contributed by atoms with Gasteiger partial charge in [0.1, 0.15) is 5.75 Å². The Morgan fingerprint density at radius 3 is 2.43 bits per heavy atom. The minimum absolute atomic E-state index is 0.326. The van der Waals surface area contributed by atoms with Crippen LogP contribution in [0.15, 0.2) is 36.4 Å². The topological polar surface area (TPSA) is 35.5 Å². The molecule has 0 N–H and O–H groups in total. The van der Waals surface area contributed by atoms with Crippen LogP contribution in [0, 0.1) is 0 Å². The van der Waals surface area contributed by atoms with E-state index in [9.17, 15) is 4.79 Å². The normalized spacial score (nSPS) is 10.8. The van der Waals surface area contributed by atoms with Crippen molar-refractivity contribution in [3.8, 4) is 5.75 Å². The van der Waals surface area contributed by atoms with E-state index in [0.29, 0.717) is 12.2 Å². The Labute approximate surface area is 128 Å². The Bertz CT molecular complexity index is 421. The number of esters is 1. The number of methoxy groups -OCH3 is 1. The van der Waals surface area contributed by atoms with Crippen LogP contribution in [-0.4, -0.2) is 19.7 Å². The van der Waals surface area contributed by atoms with Gasteiger partial charge in [-0.15, -0.1) is 0 Å². The fourth-order valence-corrected chi connectivity index (χ4v) is 1.97. The Hall–Kier alpha value is -1.77. The van der Waals surface area contributed by atoms with Crippen molar-refractivity contribution in [2.45, 2.75) is 45.4 Å². The van der Waals surface area contributed by atoms with Gasteiger partial charge >= 0.3 is 5.97 Å². The maximum absolute atomic E-state index is 11.3.